The second-order valence-corrected chi connectivity index (χ2v) is 4.20. The van der Waals surface area contributed by atoms with E-state index in [1.165, 1.54) is 0 Å². The van der Waals surface area contributed by atoms with Crippen LogP contribution >= 0.6 is 0 Å². The number of hydrogen-bond donors (Lipinski definition) is 1. The van der Waals surface area contributed by atoms with E-state index in [1.807, 2.05) is 19.1 Å². The van der Waals surface area contributed by atoms with E-state index >= 15 is 0 Å². The van der Waals surface area contributed by atoms with Gasteiger partial charge >= 0.3 is 0 Å². The summed E-state index contributed by atoms with van der Waals surface area (Å²) >= 11 is 0. The van der Waals surface area contributed by atoms with Crippen molar-refractivity contribution in [3.63, 3.8) is 0 Å². The number of carbonyl (C=O) groups excluding carboxylic acids is 1. The molecular formula is C13H19NO3. The van der Waals surface area contributed by atoms with Gasteiger partial charge in [-0.25, -0.2) is 0 Å². The Morgan fingerprint density at radius 2 is 2.06 bits per heavy atom. The summed E-state index contributed by atoms with van der Waals surface area (Å²) in [7, 11) is 3.44. The van der Waals surface area contributed by atoms with Gasteiger partial charge in [-0.2, -0.15) is 0 Å². The van der Waals surface area contributed by atoms with E-state index in [0.29, 0.717) is 18.8 Å². The molecule has 0 radical (unpaired) electrons. The molecule has 94 valence electrons. The van der Waals surface area contributed by atoms with E-state index in [1.54, 1.807) is 25.1 Å². The Balaban J connectivity index is 2.52. The lowest BCUT2D eigenvalue weighted by molar-refractivity contribution is -0.129. The first-order chi connectivity index (χ1) is 8.02. The van der Waals surface area contributed by atoms with Crippen LogP contribution in [0.5, 0.6) is 5.75 Å². The van der Waals surface area contributed by atoms with Crippen LogP contribution in [0.1, 0.15) is 17.5 Å². The van der Waals surface area contributed by atoms with Crippen LogP contribution < -0.4 is 4.74 Å². The third-order valence-electron chi connectivity index (χ3n) is 2.38. The monoisotopic (exact) mass is 237 g/mol. The molecule has 4 heteroatoms. The molecule has 0 atom stereocenters. The molecule has 0 aliphatic heterocycles. The van der Waals surface area contributed by atoms with Crippen molar-refractivity contribution in [1.82, 2.24) is 4.90 Å². The Morgan fingerprint density at radius 3 is 2.65 bits per heavy atom. The summed E-state index contributed by atoms with van der Waals surface area (Å²) in [4.78, 5) is 12.9. The maximum Gasteiger partial charge on any atom is 0.225 e. The highest BCUT2D eigenvalue weighted by molar-refractivity contribution is 5.75. The van der Waals surface area contributed by atoms with Crippen LogP contribution in [0, 0.1) is 6.92 Å². The third kappa shape index (κ3) is 4.44. The van der Waals surface area contributed by atoms with Crippen LogP contribution in [-0.2, 0) is 11.4 Å². The Labute approximate surface area is 102 Å². The summed E-state index contributed by atoms with van der Waals surface area (Å²) < 4.78 is 5.49. The normalized spacial score (nSPS) is 10.1. The predicted molar refractivity (Wildman–Crippen MR) is 65.9 cm³/mol. The van der Waals surface area contributed by atoms with Crippen molar-refractivity contribution < 1.29 is 14.6 Å². The highest BCUT2D eigenvalue weighted by Gasteiger charge is 2.04. The first-order valence-corrected chi connectivity index (χ1v) is 5.57. The summed E-state index contributed by atoms with van der Waals surface area (Å²) in [5, 5.41) is 9.06. The highest BCUT2D eigenvalue weighted by Crippen LogP contribution is 2.17. The molecule has 0 unspecified atom stereocenters. The van der Waals surface area contributed by atoms with Crippen LogP contribution in [-0.4, -0.2) is 36.6 Å². The number of amides is 1. The van der Waals surface area contributed by atoms with Gasteiger partial charge in [0.15, 0.2) is 0 Å². The minimum atomic E-state index is -0.00529. The molecule has 1 N–H and O–H groups in total. The quantitative estimate of drug-likeness (QED) is 0.841. The number of hydrogen-bond acceptors (Lipinski definition) is 3. The Bertz CT molecular complexity index is 388. The molecule has 1 aromatic carbocycles. The SMILES string of the molecule is Cc1cc(CO)cc(OCCC(=O)N(C)C)c1. The summed E-state index contributed by atoms with van der Waals surface area (Å²) in [6.45, 7) is 2.29. The maximum absolute atomic E-state index is 11.3. The van der Waals surface area contributed by atoms with Crippen molar-refractivity contribution in [3.05, 3.63) is 29.3 Å². The van der Waals surface area contributed by atoms with Crippen molar-refractivity contribution in [1.29, 1.82) is 0 Å². The fourth-order valence-electron chi connectivity index (χ4n) is 1.48. The highest BCUT2D eigenvalue weighted by atomic mass is 16.5. The molecule has 0 heterocycles. The van der Waals surface area contributed by atoms with Gasteiger partial charge in [0.05, 0.1) is 19.6 Å². The molecule has 1 rings (SSSR count). The van der Waals surface area contributed by atoms with Gasteiger partial charge in [0.25, 0.3) is 0 Å². The lowest BCUT2D eigenvalue weighted by Crippen LogP contribution is -2.23. The van der Waals surface area contributed by atoms with Gasteiger partial charge in [0, 0.05) is 14.1 Å². The van der Waals surface area contributed by atoms with E-state index in [9.17, 15) is 4.79 Å². The minimum absolute atomic E-state index is 0.00529. The largest absolute Gasteiger partial charge is 0.493 e. The molecule has 4 nitrogen and oxygen atoms in total. The molecule has 17 heavy (non-hydrogen) atoms. The van der Waals surface area contributed by atoms with Crippen molar-refractivity contribution in [2.24, 2.45) is 0 Å². The minimum Gasteiger partial charge on any atom is -0.493 e. The van der Waals surface area contributed by atoms with E-state index in [-0.39, 0.29) is 12.5 Å². The van der Waals surface area contributed by atoms with Gasteiger partial charge in [-0.3, -0.25) is 4.79 Å². The van der Waals surface area contributed by atoms with E-state index in [2.05, 4.69) is 0 Å². The molecular weight excluding hydrogens is 218 g/mol. The molecule has 0 saturated carbocycles. The topological polar surface area (TPSA) is 49.8 Å². The number of benzene rings is 1. The van der Waals surface area contributed by atoms with Crippen LogP contribution in [0.25, 0.3) is 0 Å². The molecule has 1 amide bonds. The average molecular weight is 237 g/mol. The molecule has 0 aliphatic carbocycles. The van der Waals surface area contributed by atoms with Gasteiger partial charge in [0.1, 0.15) is 5.75 Å². The maximum atomic E-state index is 11.3. The zero-order valence-electron chi connectivity index (χ0n) is 10.6. The van der Waals surface area contributed by atoms with E-state index in [0.717, 1.165) is 11.1 Å². The standard InChI is InChI=1S/C13H19NO3/c1-10-6-11(9-15)8-12(7-10)17-5-4-13(16)14(2)3/h6-8,15H,4-5,9H2,1-3H3. The van der Waals surface area contributed by atoms with E-state index in [4.69, 9.17) is 9.84 Å². The molecule has 1 aromatic rings. The molecule has 0 aromatic heterocycles. The Morgan fingerprint density at radius 1 is 1.35 bits per heavy atom. The lowest BCUT2D eigenvalue weighted by Gasteiger charge is -2.11. The van der Waals surface area contributed by atoms with Gasteiger partial charge in [-0.05, 0) is 30.2 Å². The molecule has 0 fully saturated rings. The summed E-state index contributed by atoms with van der Waals surface area (Å²) in [5.74, 6) is 0.737. The predicted octanol–water partition coefficient (Wildman–Crippen LogP) is 1.34. The molecule has 0 bridgehead atoms. The fourth-order valence-corrected chi connectivity index (χ4v) is 1.48. The van der Waals surface area contributed by atoms with E-state index < -0.39 is 0 Å². The number of ether oxygens (including phenoxy) is 1. The van der Waals surface area contributed by atoms with Crippen LogP contribution in [0.4, 0.5) is 0 Å². The summed E-state index contributed by atoms with van der Waals surface area (Å²) in [6.07, 6.45) is 0.357. The van der Waals surface area contributed by atoms with Crippen molar-refractivity contribution in [2.75, 3.05) is 20.7 Å². The smallest absolute Gasteiger partial charge is 0.225 e. The number of aliphatic hydroxyl groups excluding tert-OH is 1. The van der Waals surface area contributed by atoms with Crippen molar-refractivity contribution in [2.45, 2.75) is 20.0 Å². The first kappa shape index (κ1) is 13.5. The van der Waals surface area contributed by atoms with Gasteiger partial charge in [-0.1, -0.05) is 6.07 Å². The van der Waals surface area contributed by atoms with Crippen molar-refractivity contribution in [3.8, 4) is 5.75 Å². The Hall–Kier alpha value is -1.55. The van der Waals surface area contributed by atoms with Gasteiger partial charge in [-0.15, -0.1) is 0 Å². The zero-order valence-corrected chi connectivity index (χ0v) is 10.6. The summed E-state index contributed by atoms with van der Waals surface area (Å²) in [5.41, 5.74) is 1.85. The van der Waals surface area contributed by atoms with Crippen LogP contribution in [0.3, 0.4) is 0 Å². The molecule has 0 aliphatic rings. The molecule has 0 saturated heterocycles. The Kier molecular flexibility index (Phi) is 4.97. The number of aryl methyl sites for hydroxylation is 1. The fraction of sp³-hybridized carbons (Fsp3) is 0.462. The van der Waals surface area contributed by atoms with Crippen LogP contribution in [0.15, 0.2) is 18.2 Å². The first-order valence-electron chi connectivity index (χ1n) is 5.57. The zero-order chi connectivity index (χ0) is 12.8. The average Bonchev–Trinajstić information content (AvgIpc) is 2.27. The number of aliphatic hydroxyl groups is 1. The van der Waals surface area contributed by atoms with Crippen molar-refractivity contribution >= 4 is 5.91 Å². The van der Waals surface area contributed by atoms with Gasteiger partial charge in [0.2, 0.25) is 5.91 Å². The second-order valence-electron chi connectivity index (χ2n) is 4.20. The second kappa shape index (κ2) is 6.25. The van der Waals surface area contributed by atoms with Crippen LogP contribution in [0.2, 0.25) is 0 Å². The number of nitrogens with zero attached hydrogens (tertiary/aromatic N) is 1. The number of rotatable bonds is 5. The lowest BCUT2D eigenvalue weighted by atomic mass is 10.1. The molecule has 0 spiro atoms. The van der Waals surface area contributed by atoms with Gasteiger partial charge < -0.3 is 14.7 Å². The summed E-state index contributed by atoms with van der Waals surface area (Å²) in [6, 6.07) is 5.57. The number of carbonyl (C=O) groups is 1. The third-order valence-corrected chi connectivity index (χ3v) is 2.38.